The molecule has 5 nitrogen and oxygen atoms in total. The number of likely N-dealkylation sites (N-methyl/N-ethyl adjacent to an activating group) is 1. The highest BCUT2D eigenvalue weighted by Gasteiger charge is 2.09. The number of H-pyrrole nitrogens is 1. The summed E-state index contributed by atoms with van der Waals surface area (Å²) in [7, 11) is 1.90. The SMILES string of the molecule is CNC1=CC=C(c2nc3ccc(NC(C)=O)cc3[nH]2)CC=C1. The minimum absolute atomic E-state index is 0.0829. The molecule has 0 fully saturated rings. The third-order valence-corrected chi connectivity index (χ3v) is 3.49. The summed E-state index contributed by atoms with van der Waals surface area (Å²) in [6.07, 6.45) is 9.09. The van der Waals surface area contributed by atoms with Gasteiger partial charge in [0.15, 0.2) is 0 Å². The Morgan fingerprint density at radius 3 is 2.95 bits per heavy atom. The van der Waals surface area contributed by atoms with Crippen LogP contribution in [0, 0.1) is 0 Å². The van der Waals surface area contributed by atoms with Crippen LogP contribution in [0.5, 0.6) is 0 Å². The molecule has 1 heterocycles. The van der Waals surface area contributed by atoms with Crippen molar-refractivity contribution in [2.45, 2.75) is 13.3 Å². The molecule has 0 bridgehead atoms. The number of carbonyl (C=O) groups excluding carboxylic acids is 1. The summed E-state index contributed by atoms with van der Waals surface area (Å²) in [6, 6.07) is 5.66. The van der Waals surface area contributed by atoms with Crippen LogP contribution in [0.15, 0.2) is 48.2 Å². The second-order valence-corrected chi connectivity index (χ2v) is 5.17. The van der Waals surface area contributed by atoms with Crippen molar-refractivity contribution in [3.63, 3.8) is 0 Å². The zero-order valence-corrected chi connectivity index (χ0v) is 12.6. The first kappa shape index (κ1) is 14.1. The summed E-state index contributed by atoms with van der Waals surface area (Å²) in [6.45, 7) is 1.50. The van der Waals surface area contributed by atoms with Crippen LogP contribution in [-0.4, -0.2) is 22.9 Å². The van der Waals surface area contributed by atoms with E-state index < -0.39 is 0 Å². The van der Waals surface area contributed by atoms with Crippen molar-refractivity contribution in [2.24, 2.45) is 0 Å². The highest BCUT2D eigenvalue weighted by Crippen LogP contribution is 2.24. The molecule has 0 atom stereocenters. The van der Waals surface area contributed by atoms with Gasteiger partial charge < -0.3 is 15.6 Å². The maximum Gasteiger partial charge on any atom is 0.221 e. The van der Waals surface area contributed by atoms with E-state index in [0.29, 0.717) is 0 Å². The normalized spacial score (nSPS) is 14.3. The Balaban J connectivity index is 1.95. The average Bonchev–Trinajstić information content (AvgIpc) is 2.75. The van der Waals surface area contributed by atoms with Gasteiger partial charge in [-0.1, -0.05) is 12.2 Å². The molecule has 1 aromatic heterocycles. The van der Waals surface area contributed by atoms with Crippen molar-refractivity contribution < 1.29 is 4.79 Å². The second-order valence-electron chi connectivity index (χ2n) is 5.17. The highest BCUT2D eigenvalue weighted by atomic mass is 16.1. The zero-order chi connectivity index (χ0) is 15.5. The smallest absolute Gasteiger partial charge is 0.221 e. The van der Waals surface area contributed by atoms with Gasteiger partial charge in [0.1, 0.15) is 5.82 Å². The monoisotopic (exact) mass is 294 g/mol. The summed E-state index contributed by atoms with van der Waals surface area (Å²) >= 11 is 0. The van der Waals surface area contributed by atoms with Gasteiger partial charge in [0.2, 0.25) is 5.91 Å². The number of allylic oxidation sites excluding steroid dienone is 5. The van der Waals surface area contributed by atoms with E-state index in [1.54, 1.807) is 0 Å². The largest absolute Gasteiger partial charge is 0.388 e. The first-order chi connectivity index (χ1) is 10.7. The molecule has 22 heavy (non-hydrogen) atoms. The number of nitrogens with one attached hydrogen (secondary N) is 3. The van der Waals surface area contributed by atoms with E-state index >= 15 is 0 Å². The molecule has 0 saturated carbocycles. The first-order valence-corrected chi connectivity index (χ1v) is 7.18. The molecule has 0 spiro atoms. The molecule has 1 amide bonds. The van der Waals surface area contributed by atoms with Gasteiger partial charge in [-0.15, -0.1) is 0 Å². The van der Waals surface area contributed by atoms with E-state index in [4.69, 9.17) is 0 Å². The van der Waals surface area contributed by atoms with Gasteiger partial charge in [-0.05, 0) is 42.3 Å². The second kappa shape index (κ2) is 5.89. The minimum atomic E-state index is -0.0829. The Bertz CT molecular complexity index is 811. The fraction of sp³-hybridized carbons (Fsp3) is 0.176. The molecular formula is C17H18N4O. The fourth-order valence-electron chi connectivity index (χ4n) is 2.41. The van der Waals surface area contributed by atoms with Crippen LogP contribution < -0.4 is 10.6 Å². The molecule has 2 aromatic rings. The van der Waals surface area contributed by atoms with Crippen molar-refractivity contribution >= 4 is 28.2 Å². The predicted octanol–water partition coefficient (Wildman–Crippen LogP) is 2.97. The Labute approximate surface area is 128 Å². The average molecular weight is 294 g/mol. The number of hydrogen-bond donors (Lipinski definition) is 3. The van der Waals surface area contributed by atoms with Crippen molar-refractivity contribution in [1.82, 2.24) is 15.3 Å². The zero-order valence-electron chi connectivity index (χ0n) is 12.6. The molecular weight excluding hydrogens is 276 g/mol. The highest BCUT2D eigenvalue weighted by molar-refractivity contribution is 5.91. The molecule has 1 aliphatic rings. The summed E-state index contributed by atoms with van der Waals surface area (Å²) in [4.78, 5) is 19.1. The Kier molecular flexibility index (Phi) is 3.78. The first-order valence-electron chi connectivity index (χ1n) is 7.18. The summed E-state index contributed by atoms with van der Waals surface area (Å²) in [5.41, 5.74) is 4.75. The van der Waals surface area contributed by atoms with Gasteiger partial charge in [-0.2, -0.15) is 0 Å². The number of rotatable bonds is 3. The molecule has 1 aliphatic carbocycles. The number of nitrogens with zero attached hydrogens (tertiary/aromatic N) is 1. The number of imidazole rings is 1. The lowest BCUT2D eigenvalue weighted by atomic mass is 10.2. The van der Waals surface area contributed by atoms with Crippen LogP contribution in [0.2, 0.25) is 0 Å². The van der Waals surface area contributed by atoms with Gasteiger partial charge in [0, 0.05) is 25.4 Å². The van der Waals surface area contributed by atoms with E-state index in [1.807, 2.05) is 31.3 Å². The standard InChI is InChI=1S/C17H18N4O/c1-11(22)19-14-8-9-15-16(10-14)21-17(20-15)12-4-3-5-13(18-2)7-6-12/h3,5-10,18H,4H2,1-2H3,(H,19,22)(H,20,21). The topological polar surface area (TPSA) is 69.8 Å². The quantitative estimate of drug-likeness (QED) is 0.815. The van der Waals surface area contributed by atoms with E-state index in [9.17, 15) is 4.79 Å². The van der Waals surface area contributed by atoms with E-state index in [0.717, 1.165) is 40.2 Å². The molecule has 3 N–H and O–H groups in total. The van der Waals surface area contributed by atoms with Crippen LogP contribution in [-0.2, 0) is 4.79 Å². The van der Waals surface area contributed by atoms with Crippen molar-refractivity contribution in [1.29, 1.82) is 0 Å². The molecule has 0 radical (unpaired) electrons. The van der Waals surface area contributed by atoms with Crippen LogP contribution in [0.3, 0.4) is 0 Å². The van der Waals surface area contributed by atoms with Crippen LogP contribution >= 0.6 is 0 Å². The number of anilines is 1. The molecule has 0 unspecified atom stereocenters. The number of hydrogen-bond acceptors (Lipinski definition) is 3. The maximum absolute atomic E-state index is 11.1. The summed E-state index contributed by atoms with van der Waals surface area (Å²) < 4.78 is 0. The Hall–Kier alpha value is -2.82. The van der Waals surface area contributed by atoms with Crippen molar-refractivity contribution in [3.8, 4) is 0 Å². The van der Waals surface area contributed by atoms with Gasteiger partial charge in [0.05, 0.1) is 11.0 Å². The Morgan fingerprint density at radius 1 is 1.32 bits per heavy atom. The van der Waals surface area contributed by atoms with E-state index in [-0.39, 0.29) is 5.91 Å². The van der Waals surface area contributed by atoms with Gasteiger partial charge in [-0.3, -0.25) is 4.79 Å². The molecule has 3 rings (SSSR count). The lowest BCUT2D eigenvalue weighted by Gasteiger charge is -2.00. The lowest BCUT2D eigenvalue weighted by molar-refractivity contribution is -0.114. The fourth-order valence-corrected chi connectivity index (χ4v) is 2.41. The molecule has 0 saturated heterocycles. The minimum Gasteiger partial charge on any atom is -0.388 e. The molecule has 5 heteroatoms. The molecule has 0 aliphatic heterocycles. The molecule has 1 aromatic carbocycles. The third kappa shape index (κ3) is 2.93. The van der Waals surface area contributed by atoms with E-state index in [2.05, 4.69) is 38.8 Å². The third-order valence-electron chi connectivity index (χ3n) is 3.49. The van der Waals surface area contributed by atoms with Crippen LogP contribution in [0.4, 0.5) is 5.69 Å². The van der Waals surface area contributed by atoms with E-state index in [1.165, 1.54) is 6.92 Å². The van der Waals surface area contributed by atoms with Crippen molar-refractivity contribution in [3.05, 3.63) is 54.0 Å². The van der Waals surface area contributed by atoms with Crippen molar-refractivity contribution in [2.75, 3.05) is 12.4 Å². The van der Waals surface area contributed by atoms with Gasteiger partial charge in [-0.25, -0.2) is 4.98 Å². The van der Waals surface area contributed by atoms with Gasteiger partial charge in [0.25, 0.3) is 0 Å². The number of amides is 1. The number of carbonyl (C=O) groups is 1. The molecule has 112 valence electrons. The number of aromatic amines is 1. The predicted molar refractivity (Wildman–Crippen MR) is 89.3 cm³/mol. The summed E-state index contributed by atoms with van der Waals surface area (Å²) in [5, 5.41) is 5.91. The number of aromatic nitrogens is 2. The lowest BCUT2D eigenvalue weighted by Crippen LogP contribution is -2.05. The van der Waals surface area contributed by atoms with Gasteiger partial charge >= 0.3 is 0 Å². The maximum atomic E-state index is 11.1. The summed E-state index contributed by atoms with van der Waals surface area (Å²) in [5.74, 6) is 0.772. The Morgan fingerprint density at radius 2 is 2.18 bits per heavy atom. The van der Waals surface area contributed by atoms with Crippen LogP contribution in [0.25, 0.3) is 16.6 Å². The number of fused-ring (bicyclic) bond motifs is 1. The number of benzene rings is 1. The van der Waals surface area contributed by atoms with Crippen LogP contribution in [0.1, 0.15) is 19.2 Å².